The van der Waals surface area contributed by atoms with Crippen molar-refractivity contribution in [1.29, 1.82) is 0 Å². The molecule has 1 aromatic carbocycles. The number of nitrogens with two attached hydrogens (primary N) is 2. The van der Waals surface area contributed by atoms with E-state index in [4.69, 9.17) is 16.2 Å². The van der Waals surface area contributed by atoms with Crippen molar-refractivity contribution in [2.75, 3.05) is 25.4 Å². The Kier molecular flexibility index (Phi) is 18.2. The molecule has 0 saturated carbocycles. The zero-order valence-corrected chi connectivity index (χ0v) is 37.5. The molecule has 1 aromatic heterocycles. The van der Waals surface area contributed by atoms with Crippen molar-refractivity contribution in [1.82, 2.24) is 41.8 Å². The molecule has 23 nitrogen and oxygen atoms in total. The number of carbonyl (C=O) groups excluding carboxylic acids is 9. The van der Waals surface area contributed by atoms with Gasteiger partial charge in [0.05, 0.1) is 36.7 Å². The van der Waals surface area contributed by atoms with Crippen LogP contribution in [0.5, 0.6) is 0 Å². The Hall–Kier alpha value is -6.27. The summed E-state index contributed by atoms with van der Waals surface area (Å²) in [5, 5.41) is 36.6. The number of nitrogens with one attached hydrogen (secondary N) is 7. The number of aliphatic hydroxyl groups excluding tert-OH is 1. The Balaban J connectivity index is 1.65. The number of esters is 1. The van der Waals surface area contributed by atoms with Crippen LogP contribution in [0.4, 0.5) is 0 Å². The van der Waals surface area contributed by atoms with Gasteiger partial charge in [0.1, 0.15) is 36.3 Å². The Labute approximate surface area is 378 Å². The van der Waals surface area contributed by atoms with E-state index in [9.17, 15) is 58.2 Å². The van der Waals surface area contributed by atoms with Gasteiger partial charge in [0.25, 0.3) is 0 Å². The van der Waals surface area contributed by atoms with Crippen LogP contribution in [0.25, 0.3) is 10.9 Å². The highest BCUT2D eigenvalue weighted by Gasteiger charge is 2.44. The first kappa shape index (κ1) is 51.4. The number of primary amides is 1. The molecule has 65 heavy (non-hydrogen) atoms. The average molecular weight is 931 g/mol. The van der Waals surface area contributed by atoms with Crippen LogP contribution in [0.15, 0.2) is 29.3 Å². The number of hydrogen-bond donors (Lipinski definition) is 11. The lowest BCUT2D eigenvalue weighted by Crippen LogP contribution is -2.59. The van der Waals surface area contributed by atoms with E-state index >= 15 is 0 Å². The highest BCUT2D eigenvalue weighted by Crippen LogP contribution is 2.31. The summed E-state index contributed by atoms with van der Waals surface area (Å²) in [6, 6.07) is -1.57. The summed E-state index contributed by atoms with van der Waals surface area (Å²) in [5.41, 5.74) is 13.1. The summed E-state index contributed by atoms with van der Waals surface area (Å²) < 4.78 is 5.10. The molecule has 4 rings (SSSR count). The average Bonchev–Trinajstić information content (AvgIpc) is 3.81. The number of ether oxygens (including phenoxy) is 1. The molecule has 2 aliphatic rings. The van der Waals surface area contributed by atoms with Gasteiger partial charge < -0.3 is 68.2 Å². The van der Waals surface area contributed by atoms with E-state index < -0.39 is 146 Å². The van der Waals surface area contributed by atoms with Crippen molar-refractivity contribution in [3.8, 4) is 0 Å². The summed E-state index contributed by atoms with van der Waals surface area (Å²) in [5.74, 6) is -10.8. The van der Waals surface area contributed by atoms with Gasteiger partial charge >= 0.3 is 11.9 Å². The lowest BCUT2D eigenvalue weighted by atomic mass is 9.96. The van der Waals surface area contributed by atoms with Gasteiger partial charge in [-0.05, 0) is 30.9 Å². The maximum atomic E-state index is 14.2. The van der Waals surface area contributed by atoms with Gasteiger partial charge in [-0.2, -0.15) is 0 Å². The minimum absolute atomic E-state index is 0.0378. The number of thioether (sulfide) groups is 1. The number of H-pyrrole nitrogens is 1. The lowest BCUT2D eigenvalue weighted by molar-refractivity contribution is -0.153. The lowest BCUT2D eigenvalue weighted by Gasteiger charge is -2.31. The van der Waals surface area contributed by atoms with Crippen LogP contribution in [0, 0.1) is 11.8 Å². The number of fused-ring (bicyclic) bond motifs is 3. The fourth-order valence-electron chi connectivity index (χ4n) is 7.40. The minimum atomic E-state index is -1.77. The van der Waals surface area contributed by atoms with Gasteiger partial charge in [0, 0.05) is 42.5 Å². The first-order valence-corrected chi connectivity index (χ1v) is 22.0. The van der Waals surface area contributed by atoms with E-state index in [1.807, 2.05) is 0 Å². The van der Waals surface area contributed by atoms with Gasteiger partial charge in [-0.15, -0.1) is 11.8 Å². The summed E-state index contributed by atoms with van der Waals surface area (Å²) in [6.45, 7) is 5.87. The fraction of sp³-hybridized carbons (Fsp3) is 0.561. The van der Waals surface area contributed by atoms with Crippen molar-refractivity contribution in [3.63, 3.8) is 0 Å². The van der Waals surface area contributed by atoms with Gasteiger partial charge in [0.15, 0.2) is 0 Å². The molecule has 0 bridgehead atoms. The third-order valence-electron chi connectivity index (χ3n) is 11.3. The van der Waals surface area contributed by atoms with Crippen LogP contribution >= 0.6 is 11.8 Å². The molecule has 4 unspecified atom stereocenters. The molecule has 1 fully saturated rings. The second kappa shape index (κ2) is 23.1. The van der Waals surface area contributed by atoms with E-state index in [1.54, 1.807) is 38.1 Å². The number of aliphatic carboxylic acids is 1. The van der Waals surface area contributed by atoms with E-state index in [0.717, 1.165) is 23.6 Å². The predicted molar refractivity (Wildman–Crippen MR) is 232 cm³/mol. The standard InChI is InChI=1S/C41H58N10O13S/c1-6-18(2)33-38(60)45-14-31(55)46-28(17-65-39-24(23-9-7-8-10-26(23)48-39)12-25(42)35(57)44-15-32(56)49-33)36(58)47-27(13-30(43)54)40(61)51-16-22(53)11-29(51)37(59)50-34(41(62)63)19(3)20(4)64-21(5)52/h7-10,18-20,22,25,27-29,33-34,48,53H,6,11-17,42H2,1-5H3,(H2,43,54)(H,44,57)(H,45,60)(H,46,55)(H,47,58)(H,49,56)(H,50,59)(H,62,63)/t18-,19-,20-,22?,25?,27?,28?,29-,33-,34-/m0/s1. The summed E-state index contributed by atoms with van der Waals surface area (Å²) in [6.07, 6.45) is -2.99. The topological polar surface area (TPSA) is 364 Å². The second-order valence-corrected chi connectivity index (χ2v) is 17.2. The van der Waals surface area contributed by atoms with Gasteiger partial charge in [-0.3, -0.25) is 43.2 Å². The number of hydrogen-bond acceptors (Lipinski definition) is 14. The number of carboxylic acids is 1. The monoisotopic (exact) mass is 930 g/mol. The molecule has 0 aliphatic carbocycles. The predicted octanol–water partition coefficient (Wildman–Crippen LogP) is -3.13. The number of benzene rings is 1. The van der Waals surface area contributed by atoms with E-state index in [2.05, 4.69) is 36.9 Å². The molecule has 356 valence electrons. The van der Waals surface area contributed by atoms with Crippen LogP contribution in [0.1, 0.15) is 59.4 Å². The molecular weight excluding hydrogens is 873 g/mol. The number of aromatic nitrogens is 1. The normalized spacial score (nSPS) is 23.6. The van der Waals surface area contributed by atoms with Gasteiger partial charge in [0.2, 0.25) is 47.3 Å². The van der Waals surface area contributed by atoms with Crippen molar-refractivity contribution in [3.05, 3.63) is 29.8 Å². The molecule has 0 radical (unpaired) electrons. The number of carboxylic acid groups (broad SMARTS) is 1. The smallest absolute Gasteiger partial charge is 0.326 e. The number of para-hydroxylation sites is 1. The Bertz CT molecular complexity index is 2150. The Morgan fingerprint density at radius 1 is 0.954 bits per heavy atom. The molecule has 8 amide bonds. The molecule has 10 atom stereocenters. The maximum absolute atomic E-state index is 14.2. The van der Waals surface area contributed by atoms with Crippen LogP contribution in [-0.2, 0) is 59.1 Å². The van der Waals surface area contributed by atoms with Crippen molar-refractivity contribution >= 4 is 81.9 Å². The van der Waals surface area contributed by atoms with E-state index in [0.29, 0.717) is 27.9 Å². The first-order valence-electron chi connectivity index (χ1n) is 21.0. The molecule has 24 heteroatoms. The van der Waals surface area contributed by atoms with Crippen LogP contribution < -0.4 is 43.4 Å². The van der Waals surface area contributed by atoms with Gasteiger partial charge in [-0.1, -0.05) is 45.4 Å². The maximum Gasteiger partial charge on any atom is 0.326 e. The van der Waals surface area contributed by atoms with E-state index in [1.165, 1.54) is 13.8 Å². The zero-order chi connectivity index (χ0) is 48.3. The van der Waals surface area contributed by atoms with Crippen molar-refractivity contribution < 1.29 is 62.9 Å². The molecule has 2 aliphatic heterocycles. The number of β-amino-alcohol motifs (C(OH)–C–C–N with tert-alkyl or cyclic N) is 1. The number of aromatic amines is 1. The third kappa shape index (κ3) is 13.9. The molecule has 1 saturated heterocycles. The minimum Gasteiger partial charge on any atom is -0.480 e. The van der Waals surface area contributed by atoms with Gasteiger partial charge in [-0.25, -0.2) is 4.79 Å². The number of amides is 8. The summed E-state index contributed by atoms with van der Waals surface area (Å²) in [4.78, 5) is 135. The highest BCUT2D eigenvalue weighted by atomic mass is 32.2. The van der Waals surface area contributed by atoms with Crippen LogP contribution in [-0.4, -0.2) is 153 Å². The zero-order valence-electron chi connectivity index (χ0n) is 36.6. The molecule has 0 spiro atoms. The highest BCUT2D eigenvalue weighted by molar-refractivity contribution is 7.99. The fourth-order valence-corrected chi connectivity index (χ4v) is 8.52. The SMILES string of the molecule is CC[C@H](C)[C@@H]1NC(=O)CNC(=O)C(N)Cc2c([nH]c3ccccc23)SCC(C(=O)NC(CC(N)=O)C(=O)N2CC(O)C[C@H]2C(=O)N[C@H](C(=O)O)[C@@H](C)[C@H](C)OC(C)=O)NC(=O)CNC1=O. The Morgan fingerprint density at radius 2 is 1.60 bits per heavy atom. The molecule has 3 heterocycles. The Morgan fingerprint density at radius 3 is 2.23 bits per heavy atom. The third-order valence-corrected chi connectivity index (χ3v) is 12.4. The summed E-state index contributed by atoms with van der Waals surface area (Å²) >= 11 is 1.04. The largest absolute Gasteiger partial charge is 0.480 e. The second-order valence-electron chi connectivity index (χ2n) is 16.2. The van der Waals surface area contributed by atoms with E-state index in [-0.39, 0.29) is 18.6 Å². The number of nitrogens with zero attached hydrogens (tertiary/aromatic N) is 1. The number of aliphatic hydroxyl groups is 1. The quantitative estimate of drug-likeness (QED) is 0.0885. The van der Waals surface area contributed by atoms with Crippen LogP contribution in [0.3, 0.4) is 0 Å². The molecule has 13 N–H and O–H groups in total. The van der Waals surface area contributed by atoms with Crippen molar-refractivity contribution in [2.24, 2.45) is 23.3 Å². The van der Waals surface area contributed by atoms with Crippen LogP contribution in [0.2, 0.25) is 0 Å². The number of carbonyl (C=O) groups is 10. The number of rotatable bonds is 13. The van der Waals surface area contributed by atoms with Crippen molar-refractivity contribution in [2.45, 2.75) is 114 Å². The molecule has 2 aromatic rings. The number of likely N-dealkylation sites (tertiary alicyclic amines) is 1. The first-order chi connectivity index (χ1) is 30.6. The summed E-state index contributed by atoms with van der Waals surface area (Å²) in [7, 11) is 0. The molecular formula is C41H58N10O13S.